The van der Waals surface area contributed by atoms with Crippen LogP contribution in [-0.4, -0.2) is 39.7 Å². The van der Waals surface area contributed by atoms with Crippen LogP contribution in [0.5, 0.6) is 0 Å². The van der Waals surface area contributed by atoms with Gasteiger partial charge in [0.05, 0.1) is 17.6 Å². The smallest absolute Gasteiger partial charge is 0.253 e. The Hall–Kier alpha value is -2.63. The minimum absolute atomic E-state index is 0. The predicted octanol–water partition coefficient (Wildman–Crippen LogP) is 4.16. The Kier molecular flexibility index (Phi) is 6.72. The zero-order valence-corrected chi connectivity index (χ0v) is 17.4. The summed E-state index contributed by atoms with van der Waals surface area (Å²) >= 11 is 0. The molecule has 1 aliphatic rings. The highest BCUT2D eigenvalue weighted by atomic mass is 35.5. The summed E-state index contributed by atoms with van der Waals surface area (Å²) in [6.07, 6.45) is 3.89. The molecule has 3 aromatic rings. The van der Waals surface area contributed by atoms with Crippen LogP contribution in [0.2, 0.25) is 0 Å². The van der Waals surface area contributed by atoms with E-state index >= 15 is 0 Å². The number of hydrogen-bond donors (Lipinski definition) is 1. The summed E-state index contributed by atoms with van der Waals surface area (Å²) < 4.78 is 1.88. The molecular weight excluding hydrogens is 384 g/mol. The predicted molar refractivity (Wildman–Crippen MR) is 119 cm³/mol. The van der Waals surface area contributed by atoms with E-state index in [1.807, 2.05) is 65.0 Å². The summed E-state index contributed by atoms with van der Waals surface area (Å²) in [6, 6.07) is 20.0. The summed E-state index contributed by atoms with van der Waals surface area (Å²) in [6.45, 7) is 3.56. The van der Waals surface area contributed by atoms with Crippen molar-refractivity contribution in [2.45, 2.75) is 25.8 Å². The van der Waals surface area contributed by atoms with Crippen LogP contribution in [0.4, 0.5) is 0 Å². The van der Waals surface area contributed by atoms with Crippen molar-refractivity contribution in [2.24, 2.45) is 11.7 Å². The van der Waals surface area contributed by atoms with Crippen LogP contribution in [0, 0.1) is 5.92 Å². The zero-order chi connectivity index (χ0) is 19.5. The van der Waals surface area contributed by atoms with Gasteiger partial charge in [0, 0.05) is 30.3 Å². The number of carbonyl (C=O) groups excluding carboxylic acids is 1. The Labute approximate surface area is 177 Å². The molecule has 0 saturated carbocycles. The van der Waals surface area contributed by atoms with E-state index in [2.05, 4.69) is 17.2 Å². The third kappa shape index (κ3) is 4.52. The van der Waals surface area contributed by atoms with Gasteiger partial charge in [-0.1, -0.05) is 36.4 Å². The monoisotopic (exact) mass is 410 g/mol. The molecule has 2 heterocycles. The first kappa shape index (κ1) is 21.1. The van der Waals surface area contributed by atoms with Crippen LogP contribution < -0.4 is 5.73 Å². The van der Waals surface area contributed by atoms with E-state index < -0.39 is 0 Å². The summed E-state index contributed by atoms with van der Waals surface area (Å²) in [5.74, 6) is 0.442. The Morgan fingerprint density at radius 3 is 2.69 bits per heavy atom. The number of hydrogen-bond acceptors (Lipinski definition) is 3. The maximum atomic E-state index is 13.1. The Morgan fingerprint density at radius 1 is 1.14 bits per heavy atom. The molecular formula is C23H27ClN4O. The number of carbonyl (C=O) groups is 1. The second-order valence-corrected chi connectivity index (χ2v) is 7.56. The van der Waals surface area contributed by atoms with E-state index in [1.165, 1.54) is 0 Å². The van der Waals surface area contributed by atoms with Gasteiger partial charge in [0.1, 0.15) is 0 Å². The molecule has 1 saturated heterocycles. The van der Waals surface area contributed by atoms with Gasteiger partial charge in [-0.25, -0.2) is 4.68 Å². The largest absolute Gasteiger partial charge is 0.338 e. The molecule has 1 aromatic heterocycles. The minimum atomic E-state index is 0. The third-order valence-electron chi connectivity index (χ3n) is 5.54. The number of piperidine rings is 1. The van der Waals surface area contributed by atoms with Gasteiger partial charge in [0.25, 0.3) is 5.91 Å². The summed E-state index contributed by atoms with van der Waals surface area (Å²) in [4.78, 5) is 15.0. The molecule has 0 spiro atoms. The van der Waals surface area contributed by atoms with Gasteiger partial charge in [-0.15, -0.1) is 12.4 Å². The van der Waals surface area contributed by atoms with E-state index in [0.29, 0.717) is 11.5 Å². The molecule has 2 aromatic carbocycles. The fraction of sp³-hybridized carbons (Fsp3) is 0.304. The SMILES string of the molecule is CC(N)C1CCCN(C(=O)c2cccc(-n3nccc3-c3ccccc3)c2)C1.Cl. The highest BCUT2D eigenvalue weighted by Crippen LogP contribution is 2.24. The highest BCUT2D eigenvalue weighted by molar-refractivity contribution is 5.95. The number of rotatable bonds is 4. The van der Waals surface area contributed by atoms with E-state index in [-0.39, 0.29) is 24.4 Å². The molecule has 0 radical (unpaired) electrons. The van der Waals surface area contributed by atoms with Crippen LogP contribution >= 0.6 is 12.4 Å². The second kappa shape index (κ2) is 9.25. The first-order valence-electron chi connectivity index (χ1n) is 9.88. The van der Waals surface area contributed by atoms with Crippen molar-refractivity contribution in [3.63, 3.8) is 0 Å². The lowest BCUT2D eigenvalue weighted by Crippen LogP contribution is -2.45. The van der Waals surface area contributed by atoms with Crippen molar-refractivity contribution in [3.8, 4) is 16.9 Å². The van der Waals surface area contributed by atoms with Gasteiger partial charge < -0.3 is 10.6 Å². The van der Waals surface area contributed by atoms with Crippen molar-refractivity contribution in [1.29, 1.82) is 0 Å². The molecule has 1 aliphatic heterocycles. The topological polar surface area (TPSA) is 64.2 Å². The molecule has 2 N–H and O–H groups in total. The van der Waals surface area contributed by atoms with Gasteiger partial charge >= 0.3 is 0 Å². The molecule has 29 heavy (non-hydrogen) atoms. The second-order valence-electron chi connectivity index (χ2n) is 7.56. The molecule has 0 bridgehead atoms. The maximum absolute atomic E-state index is 13.1. The number of aromatic nitrogens is 2. The lowest BCUT2D eigenvalue weighted by molar-refractivity contribution is 0.0661. The Bertz CT molecular complexity index is 954. The number of likely N-dealkylation sites (tertiary alicyclic amines) is 1. The average Bonchev–Trinajstić information content (AvgIpc) is 3.24. The minimum Gasteiger partial charge on any atom is -0.338 e. The zero-order valence-electron chi connectivity index (χ0n) is 16.6. The highest BCUT2D eigenvalue weighted by Gasteiger charge is 2.26. The molecule has 5 nitrogen and oxygen atoms in total. The standard InChI is InChI=1S/C23H26N4O.ClH/c1-17(24)20-10-6-14-26(16-20)23(28)19-9-5-11-21(15-19)27-22(12-13-25-27)18-7-3-2-4-8-18;/h2-5,7-9,11-13,15,17,20H,6,10,14,16,24H2,1H3;1H. The molecule has 2 atom stereocenters. The van der Waals surface area contributed by atoms with Crippen LogP contribution in [0.25, 0.3) is 16.9 Å². The molecule has 1 amide bonds. The first-order valence-corrected chi connectivity index (χ1v) is 9.88. The molecule has 0 aliphatic carbocycles. The van der Waals surface area contributed by atoms with Crippen molar-refractivity contribution in [2.75, 3.05) is 13.1 Å². The van der Waals surface area contributed by atoms with Crippen LogP contribution in [0.15, 0.2) is 66.9 Å². The molecule has 152 valence electrons. The lowest BCUT2D eigenvalue weighted by Gasteiger charge is -2.34. The van der Waals surface area contributed by atoms with Crippen LogP contribution in [0.1, 0.15) is 30.1 Å². The van der Waals surface area contributed by atoms with Gasteiger partial charge in [-0.2, -0.15) is 5.10 Å². The third-order valence-corrected chi connectivity index (χ3v) is 5.54. The molecule has 6 heteroatoms. The first-order chi connectivity index (χ1) is 13.6. The lowest BCUT2D eigenvalue weighted by atomic mass is 9.92. The van der Waals surface area contributed by atoms with E-state index in [4.69, 9.17) is 5.73 Å². The Morgan fingerprint density at radius 2 is 1.93 bits per heavy atom. The van der Waals surface area contributed by atoms with E-state index in [1.54, 1.807) is 6.20 Å². The number of amides is 1. The fourth-order valence-electron chi connectivity index (χ4n) is 3.91. The molecule has 4 rings (SSSR count). The number of benzene rings is 2. The number of halogens is 1. The quantitative estimate of drug-likeness (QED) is 0.702. The van der Waals surface area contributed by atoms with Crippen molar-refractivity contribution < 1.29 is 4.79 Å². The average molecular weight is 411 g/mol. The fourth-order valence-corrected chi connectivity index (χ4v) is 3.91. The van der Waals surface area contributed by atoms with Crippen molar-refractivity contribution in [3.05, 3.63) is 72.4 Å². The summed E-state index contributed by atoms with van der Waals surface area (Å²) in [5.41, 5.74) is 9.75. The van der Waals surface area contributed by atoms with Gasteiger partial charge in [-0.05, 0) is 49.9 Å². The van der Waals surface area contributed by atoms with E-state index in [9.17, 15) is 4.79 Å². The summed E-state index contributed by atoms with van der Waals surface area (Å²) in [5, 5.41) is 4.49. The maximum Gasteiger partial charge on any atom is 0.253 e. The van der Waals surface area contributed by atoms with Crippen molar-refractivity contribution in [1.82, 2.24) is 14.7 Å². The van der Waals surface area contributed by atoms with Crippen molar-refractivity contribution >= 4 is 18.3 Å². The molecule has 1 fully saturated rings. The summed E-state index contributed by atoms with van der Waals surface area (Å²) in [7, 11) is 0. The van der Waals surface area contributed by atoms with Gasteiger partial charge in [0.2, 0.25) is 0 Å². The Balaban J connectivity index is 0.00000240. The van der Waals surface area contributed by atoms with E-state index in [0.717, 1.165) is 42.9 Å². The molecule has 2 unspecified atom stereocenters. The normalized spacial score (nSPS) is 17.4. The van der Waals surface area contributed by atoms with Crippen LogP contribution in [-0.2, 0) is 0 Å². The number of nitrogens with two attached hydrogens (primary N) is 1. The van der Waals surface area contributed by atoms with Crippen LogP contribution in [0.3, 0.4) is 0 Å². The van der Waals surface area contributed by atoms with Gasteiger partial charge in [-0.3, -0.25) is 4.79 Å². The van der Waals surface area contributed by atoms with Gasteiger partial charge in [0.15, 0.2) is 0 Å². The number of nitrogens with zero attached hydrogens (tertiary/aromatic N) is 3.